The van der Waals surface area contributed by atoms with Crippen molar-refractivity contribution in [2.24, 2.45) is 5.92 Å². The monoisotopic (exact) mass is 452 g/mol. The van der Waals surface area contributed by atoms with Gasteiger partial charge in [0.05, 0.1) is 0 Å². The van der Waals surface area contributed by atoms with Gasteiger partial charge in [0.15, 0.2) is 17.4 Å². The predicted molar refractivity (Wildman–Crippen MR) is 121 cm³/mol. The molecule has 1 saturated heterocycles. The van der Waals surface area contributed by atoms with Gasteiger partial charge < -0.3 is 4.74 Å². The zero-order valence-electron chi connectivity index (χ0n) is 18.2. The molecule has 0 bridgehead atoms. The summed E-state index contributed by atoms with van der Waals surface area (Å²) < 4.78 is 56.5. The second kappa shape index (κ2) is 11.7. The molecule has 1 aliphatic heterocycles. The Morgan fingerprint density at radius 3 is 2.19 bits per heavy atom. The van der Waals surface area contributed by atoms with Crippen molar-refractivity contribution >= 4 is 8.80 Å². The van der Waals surface area contributed by atoms with Crippen molar-refractivity contribution in [3.8, 4) is 16.9 Å². The van der Waals surface area contributed by atoms with E-state index in [9.17, 15) is 17.6 Å². The van der Waals surface area contributed by atoms with E-state index >= 15 is 0 Å². The number of rotatable bonds is 10. The Bertz CT molecular complexity index is 794. The summed E-state index contributed by atoms with van der Waals surface area (Å²) in [5, 5.41) is 0. The van der Waals surface area contributed by atoms with Crippen LogP contribution >= 0.6 is 0 Å². The highest BCUT2D eigenvalue weighted by Gasteiger charge is 2.22. The molecule has 0 aliphatic carbocycles. The fraction of sp³-hybridized carbons (Fsp3) is 0.520. The molecule has 1 heterocycles. The maximum atomic E-state index is 14.0. The van der Waals surface area contributed by atoms with Crippen molar-refractivity contribution in [2.75, 3.05) is 0 Å². The lowest BCUT2D eigenvalue weighted by Gasteiger charge is -2.27. The number of hydrogen-bond acceptors (Lipinski definition) is 1. The van der Waals surface area contributed by atoms with E-state index in [1.54, 1.807) is 0 Å². The van der Waals surface area contributed by atoms with Crippen LogP contribution in [-0.4, -0.2) is 15.4 Å². The molecule has 0 saturated carbocycles. The normalized spacial score (nSPS) is 19.0. The van der Waals surface area contributed by atoms with E-state index in [0.29, 0.717) is 11.1 Å². The average Bonchev–Trinajstić information content (AvgIpc) is 2.76. The summed E-state index contributed by atoms with van der Waals surface area (Å²) >= 11 is 0. The molecular formula is C25H32F4OSi. The van der Waals surface area contributed by atoms with Crippen LogP contribution in [0.1, 0.15) is 51.0 Å². The molecule has 1 nitrogen and oxygen atoms in total. The Morgan fingerprint density at radius 2 is 1.61 bits per heavy atom. The zero-order chi connectivity index (χ0) is 22.2. The number of hydrogen-bond donors (Lipinski definition) is 0. The van der Waals surface area contributed by atoms with Crippen molar-refractivity contribution in [1.29, 1.82) is 0 Å². The third-order valence-corrected chi connectivity index (χ3v) is 9.92. The standard InChI is InChI=1S/C25H32F4OSi/c1-2-3-4-5-18-10-13-31(14-11-18)15-12-19-6-8-20(9-7-19)21-16-22(26)24(23(27)17-21)30-25(28)29/h6-9,16-18,25,31H,2-5,10-15H2,1H3/t18-,31-. The fourth-order valence-corrected chi connectivity index (χ4v) is 8.15. The van der Waals surface area contributed by atoms with Crippen LogP contribution in [0.5, 0.6) is 5.75 Å². The molecule has 2 aromatic rings. The minimum Gasteiger partial charge on any atom is -0.429 e. The van der Waals surface area contributed by atoms with Crippen LogP contribution in [0.2, 0.25) is 18.1 Å². The van der Waals surface area contributed by atoms with Crippen LogP contribution in [0, 0.1) is 17.6 Å². The van der Waals surface area contributed by atoms with E-state index < -0.39 is 32.8 Å². The highest BCUT2D eigenvalue weighted by molar-refractivity contribution is 6.59. The molecule has 0 radical (unpaired) electrons. The molecule has 31 heavy (non-hydrogen) atoms. The van der Waals surface area contributed by atoms with Crippen LogP contribution in [0.25, 0.3) is 11.1 Å². The minimum atomic E-state index is -3.27. The molecule has 0 atom stereocenters. The lowest BCUT2D eigenvalue weighted by Crippen LogP contribution is -2.21. The summed E-state index contributed by atoms with van der Waals surface area (Å²) in [5.41, 5.74) is 2.19. The molecule has 1 fully saturated rings. The molecule has 0 aromatic heterocycles. The van der Waals surface area contributed by atoms with Gasteiger partial charge in [0, 0.05) is 8.80 Å². The van der Waals surface area contributed by atoms with Crippen LogP contribution in [0.4, 0.5) is 17.6 Å². The van der Waals surface area contributed by atoms with Crippen molar-refractivity contribution < 1.29 is 22.3 Å². The van der Waals surface area contributed by atoms with Crippen molar-refractivity contribution in [3.63, 3.8) is 0 Å². The molecule has 0 spiro atoms. The zero-order valence-corrected chi connectivity index (χ0v) is 19.3. The summed E-state index contributed by atoms with van der Waals surface area (Å²) in [6.07, 6.45) is 9.35. The van der Waals surface area contributed by atoms with E-state index in [1.807, 2.05) is 24.3 Å². The maximum absolute atomic E-state index is 14.0. The first-order chi connectivity index (χ1) is 15.0. The first kappa shape index (κ1) is 23.8. The third kappa shape index (κ3) is 7.09. The Balaban J connectivity index is 1.51. The Kier molecular flexibility index (Phi) is 8.99. The van der Waals surface area contributed by atoms with Crippen molar-refractivity contribution in [3.05, 3.63) is 53.6 Å². The van der Waals surface area contributed by atoms with Crippen molar-refractivity contribution in [2.45, 2.75) is 76.6 Å². The fourth-order valence-electron chi connectivity index (χ4n) is 4.65. The molecule has 2 aromatic carbocycles. The highest BCUT2D eigenvalue weighted by atomic mass is 28.3. The maximum Gasteiger partial charge on any atom is 0.387 e. The molecule has 0 amide bonds. The van der Waals surface area contributed by atoms with Crippen LogP contribution in [-0.2, 0) is 6.42 Å². The van der Waals surface area contributed by atoms with Crippen molar-refractivity contribution in [1.82, 2.24) is 0 Å². The van der Waals surface area contributed by atoms with Gasteiger partial charge >= 0.3 is 6.61 Å². The predicted octanol–water partition coefficient (Wildman–Crippen LogP) is 7.99. The molecule has 170 valence electrons. The topological polar surface area (TPSA) is 9.23 Å². The van der Waals surface area contributed by atoms with Crippen LogP contribution in [0.3, 0.4) is 0 Å². The van der Waals surface area contributed by atoms with Crippen LogP contribution in [0.15, 0.2) is 36.4 Å². The molecule has 0 unspecified atom stereocenters. The highest BCUT2D eigenvalue weighted by Crippen LogP contribution is 2.32. The summed E-state index contributed by atoms with van der Waals surface area (Å²) in [6, 6.07) is 14.0. The van der Waals surface area contributed by atoms with Gasteiger partial charge in [-0.1, -0.05) is 87.8 Å². The third-order valence-electron chi connectivity index (χ3n) is 6.52. The summed E-state index contributed by atoms with van der Waals surface area (Å²) in [4.78, 5) is 0. The van der Waals surface area contributed by atoms with Gasteiger partial charge in [-0.05, 0) is 41.2 Å². The molecule has 0 N–H and O–H groups in total. The second-order valence-electron chi connectivity index (χ2n) is 8.77. The average molecular weight is 453 g/mol. The smallest absolute Gasteiger partial charge is 0.387 e. The Labute approximate surface area is 184 Å². The first-order valence-electron chi connectivity index (χ1n) is 11.5. The lowest BCUT2D eigenvalue weighted by atomic mass is 9.96. The summed E-state index contributed by atoms with van der Waals surface area (Å²) in [6.45, 7) is -1.01. The van der Waals surface area contributed by atoms with Gasteiger partial charge in [-0.2, -0.15) is 8.78 Å². The molecular weight excluding hydrogens is 420 g/mol. The van der Waals surface area contributed by atoms with Crippen LogP contribution < -0.4 is 4.74 Å². The van der Waals surface area contributed by atoms with E-state index in [2.05, 4.69) is 11.7 Å². The van der Waals surface area contributed by atoms with E-state index in [1.165, 1.54) is 62.2 Å². The minimum absolute atomic E-state index is 0.305. The molecule has 1 aliphatic rings. The van der Waals surface area contributed by atoms with Gasteiger partial charge in [0.1, 0.15) is 0 Å². The summed E-state index contributed by atoms with van der Waals surface area (Å²) in [7, 11) is -0.653. The number of halogens is 4. The number of alkyl halides is 2. The lowest BCUT2D eigenvalue weighted by molar-refractivity contribution is -0.0546. The van der Waals surface area contributed by atoms with E-state index in [4.69, 9.17) is 0 Å². The molecule has 6 heteroatoms. The van der Waals surface area contributed by atoms with Gasteiger partial charge in [0.25, 0.3) is 0 Å². The van der Waals surface area contributed by atoms with Gasteiger partial charge in [-0.3, -0.25) is 0 Å². The van der Waals surface area contributed by atoms with Gasteiger partial charge in [0.2, 0.25) is 0 Å². The number of aryl methyl sites for hydroxylation is 1. The SMILES string of the molecule is CCCCC[C@H]1CC[Si@H](CCc2ccc(-c3cc(F)c(OC(F)F)c(F)c3)cc2)CC1. The van der Waals surface area contributed by atoms with Gasteiger partial charge in [-0.15, -0.1) is 0 Å². The number of ether oxygens (including phenoxy) is 1. The second-order valence-corrected chi connectivity index (χ2v) is 12.2. The first-order valence-corrected chi connectivity index (χ1v) is 13.9. The number of unbranched alkanes of at least 4 members (excludes halogenated alkanes) is 2. The Morgan fingerprint density at radius 1 is 0.968 bits per heavy atom. The largest absolute Gasteiger partial charge is 0.429 e. The number of benzene rings is 2. The molecule has 3 rings (SSSR count). The summed E-state index contributed by atoms with van der Waals surface area (Å²) in [5.74, 6) is -2.35. The van der Waals surface area contributed by atoms with Gasteiger partial charge in [-0.25, -0.2) is 8.78 Å². The van der Waals surface area contributed by atoms with E-state index in [-0.39, 0.29) is 0 Å². The quantitative estimate of drug-likeness (QED) is 0.202. The Hall–Kier alpha value is -1.82. The van der Waals surface area contributed by atoms with E-state index in [0.717, 1.165) is 24.5 Å².